The monoisotopic (exact) mass is 139 g/mol. The standard InChI is InChI=1S/C5H9N5/c1-3-2-4(6)9-5(8-3)10-7/h2H,7H2,1H3,(H3,6,8,9,10). The summed E-state index contributed by atoms with van der Waals surface area (Å²) in [5.74, 6) is 5.82. The van der Waals surface area contributed by atoms with E-state index < -0.39 is 0 Å². The minimum Gasteiger partial charge on any atom is -0.384 e. The van der Waals surface area contributed by atoms with Gasteiger partial charge in [-0.05, 0) is 6.92 Å². The number of nitrogens with two attached hydrogens (primary N) is 2. The lowest BCUT2D eigenvalue weighted by atomic mass is 10.4. The molecule has 0 amide bonds. The second-order valence-corrected chi connectivity index (χ2v) is 1.90. The number of hydrogen-bond acceptors (Lipinski definition) is 5. The van der Waals surface area contributed by atoms with Crippen molar-refractivity contribution in [2.24, 2.45) is 5.84 Å². The number of nitrogens with zero attached hydrogens (tertiary/aromatic N) is 2. The molecule has 5 N–H and O–H groups in total. The molecule has 0 atom stereocenters. The molecule has 0 bridgehead atoms. The Balaban J connectivity index is 3.06. The molecule has 0 radical (unpaired) electrons. The van der Waals surface area contributed by atoms with Crippen molar-refractivity contribution in [3.8, 4) is 0 Å². The van der Waals surface area contributed by atoms with Gasteiger partial charge in [-0.3, -0.25) is 5.43 Å². The second kappa shape index (κ2) is 2.49. The molecule has 1 aromatic rings. The van der Waals surface area contributed by atoms with Gasteiger partial charge >= 0.3 is 0 Å². The topological polar surface area (TPSA) is 89.8 Å². The van der Waals surface area contributed by atoms with Crippen molar-refractivity contribution >= 4 is 11.8 Å². The Morgan fingerprint density at radius 3 is 2.70 bits per heavy atom. The number of rotatable bonds is 1. The van der Waals surface area contributed by atoms with Crippen LogP contribution in [0.25, 0.3) is 0 Å². The molecule has 1 aromatic heterocycles. The molecule has 54 valence electrons. The Labute approximate surface area is 58.4 Å². The Morgan fingerprint density at radius 2 is 2.20 bits per heavy atom. The van der Waals surface area contributed by atoms with Crippen LogP contribution < -0.4 is 17.0 Å². The van der Waals surface area contributed by atoms with Gasteiger partial charge in [-0.25, -0.2) is 10.8 Å². The van der Waals surface area contributed by atoms with E-state index in [0.29, 0.717) is 11.8 Å². The van der Waals surface area contributed by atoms with Crippen LogP contribution in [0.4, 0.5) is 11.8 Å². The third kappa shape index (κ3) is 1.32. The number of aryl methyl sites for hydroxylation is 1. The maximum Gasteiger partial charge on any atom is 0.239 e. The number of nitrogen functional groups attached to an aromatic ring is 2. The largest absolute Gasteiger partial charge is 0.384 e. The number of aromatic nitrogens is 2. The zero-order valence-electron chi connectivity index (χ0n) is 5.63. The molecular formula is C5H9N5. The third-order valence-electron chi connectivity index (χ3n) is 1.00. The van der Waals surface area contributed by atoms with Crippen LogP contribution in [0, 0.1) is 6.92 Å². The lowest BCUT2D eigenvalue weighted by Crippen LogP contribution is -2.11. The predicted octanol–water partition coefficient (Wildman–Crippen LogP) is -0.347. The summed E-state index contributed by atoms with van der Waals surface area (Å²) < 4.78 is 0. The molecule has 5 heteroatoms. The van der Waals surface area contributed by atoms with E-state index in [2.05, 4.69) is 15.4 Å². The van der Waals surface area contributed by atoms with Crippen LogP contribution in [0.3, 0.4) is 0 Å². The summed E-state index contributed by atoms with van der Waals surface area (Å²) in [6.07, 6.45) is 0. The van der Waals surface area contributed by atoms with Crippen molar-refractivity contribution < 1.29 is 0 Å². The lowest BCUT2D eigenvalue weighted by molar-refractivity contribution is 1.08. The molecule has 0 unspecified atom stereocenters. The fourth-order valence-electron chi connectivity index (χ4n) is 0.657. The number of hydrazine groups is 1. The van der Waals surface area contributed by atoms with E-state index in [9.17, 15) is 0 Å². The molecule has 0 aliphatic heterocycles. The second-order valence-electron chi connectivity index (χ2n) is 1.90. The van der Waals surface area contributed by atoms with Gasteiger partial charge in [-0.2, -0.15) is 4.98 Å². The Hall–Kier alpha value is -1.36. The summed E-state index contributed by atoms with van der Waals surface area (Å²) >= 11 is 0. The third-order valence-corrected chi connectivity index (χ3v) is 1.00. The van der Waals surface area contributed by atoms with Crippen LogP contribution in [0.15, 0.2) is 6.07 Å². The molecule has 0 saturated heterocycles. The Bertz CT molecular complexity index is 213. The van der Waals surface area contributed by atoms with E-state index in [1.807, 2.05) is 6.92 Å². The average Bonchev–Trinajstić information content (AvgIpc) is 1.85. The lowest BCUT2D eigenvalue weighted by Gasteiger charge is -1.99. The van der Waals surface area contributed by atoms with Gasteiger partial charge in [0.15, 0.2) is 0 Å². The summed E-state index contributed by atoms with van der Waals surface area (Å²) in [7, 11) is 0. The van der Waals surface area contributed by atoms with E-state index >= 15 is 0 Å². The van der Waals surface area contributed by atoms with E-state index in [1.165, 1.54) is 0 Å². The van der Waals surface area contributed by atoms with Gasteiger partial charge in [0.2, 0.25) is 5.95 Å². The van der Waals surface area contributed by atoms with Gasteiger partial charge in [0, 0.05) is 11.8 Å². The molecule has 0 spiro atoms. The van der Waals surface area contributed by atoms with Gasteiger partial charge in [0.05, 0.1) is 0 Å². The highest BCUT2D eigenvalue weighted by Gasteiger charge is 1.94. The van der Waals surface area contributed by atoms with Crippen molar-refractivity contribution in [2.45, 2.75) is 6.92 Å². The van der Waals surface area contributed by atoms with Gasteiger partial charge in [-0.1, -0.05) is 0 Å². The van der Waals surface area contributed by atoms with Crippen LogP contribution in [0.1, 0.15) is 5.69 Å². The van der Waals surface area contributed by atoms with Crippen molar-refractivity contribution in [1.29, 1.82) is 0 Å². The number of nitrogens with one attached hydrogen (secondary N) is 1. The first kappa shape index (κ1) is 6.76. The van der Waals surface area contributed by atoms with Gasteiger partial charge < -0.3 is 5.73 Å². The van der Waals surface area contributed by atoms with Crippen molar-refractivity contribution in [3.63, 3.8) is 0 Å². The smallest absolute Gasteiger partial charge is 0.239 e. The maximum atomic E-state index is 5.39. The fraction of sp³-hybridized carbons (Fsp3) is 0.200. The molecule has 10 heavy (non-hydrogen) atoms. The predicted molar refractivity (Wildman–Crippen MR) is 39.0 cm³/mol. The Kier molecular flexibility index (Phi) is 1.68. The minimum absolute atomic E-state index is 0.345. The van der Waals surface area contributed by atoms with Crippen molar-refractivity contribution in [2.75, 3.05) is 11.2 Å². The van der Waals surface area contributed by atoms with Gasteiger partial charge in [0.1, 0.15) is 5.82 Å². The van der Waals surface area contributed by atoms with Crippen LogP contribution in [0.5, 0.6) is 0 Å². The number of anilines is 2. The highest BCUT2D eigenvalue weighted by Crippen LogP contribution is 2.03. The van der Waals surface area contributed by atoms with Crippen LogP contribution in [0.2, 0.25) is 0 Å². The van der Waals surface area contributed by atoms with E-state index in [1.54, 1.807) is 6.07 Å². The summed E-state index contributed by atoms with van der Waals surface area (Å²) in [4.78, 5) is 7.71. The highest BCUT2D eigenvalue weighted by atomic mass is 15.3. The molecule has 0 fully saturated rings. The quantitative estimate of drug-likeness (QED) is 0.365. The first-order chi connectivity index (χ1) is 4.72. The molecule has 0 aromatic carbocycles. The molecule has 0 saturated carbocycles. The first-order valence-corrected chi connectivity index (χ1v) is 2.80. The molecule has 1 heterocycles. The highest BCUT2D eigenvalue weighted by molar-refractivity contribution is 5.36. The summed E-state index contributed by atoms with van der Waals surface area (Å²) in [5, 5.41) is 0. The van der Waals surface area contributed by atoms with Crippen LogP contribution >= 0.6 is 0 Å². The summed E-state index contributed by atoms with van der Waals surface area (Å²) in [6.45, 7) is 1.82. The van der Waals surface area contributed by atoms with E-state index in [-0.39, 0.29) is 0 Å². The SMILES string of the molecule is Cc1cc(N)nc(NN)n1. The van der Waals surface area contributed by atoms with Crippen molar-refractivity contribution in [3.05, 3.63) is 11.8 Å². The summed E-state index contributed by atoms with van der Waals surface area (Å²) in [5.41, 5.74) is 8.49. The Morgan fingerprint density at radius 1 is 1.50 bits per heavy atom. The fourth-order valence-corrected chi connectivity index (χ4v) is 0.657. The summed E-state index contributed by atoms with van der Waals surface area (Å²) in [6, 6.07) is 1.67. The van der Waals surface area contributed by atoms with Gasteiger partial charge in [0.25, 0.3) is 0 Å². The molecule has 0 aliphatic rings. The normalized spacial score (nSPS) is 9.40. The van der Waals surface area contributed by atoms with Gasteiger partial charge in [-0.15, -0.1) is 0 Å². The van der Waals surface area contributed by atoms with E-state index in [0.717, 1.165) is 5.69 Å². The molecule has 1 rings (SSSR count). The van der Waals surface area contributed by atoms with Crippen LogP contribution in [-0.2, 0) is 0 Å². The average molecular weight is 139 g/mol. The zero-order valence-corrected chi connectivity index (χ0v) is 5.63. The molecule has 5 nitrogen and oxygen atoms in total. The van der Waals surface area contributed by atoms with E-state index in [4.69, 9.17) is 11.6 Å². The maximum absolute atomic E-state index is 5.39. The minimum atomic E-state index is 0.345. The first-order valence-electron chi connectivity index (χ1n) is 2.80. The van der Waals surface area contributed by atoms with Crippen LogP contribution in [-0.4, -0.2) is 9.97 Å². The molecule has 0 aliphatic carbocycles. The zero-order chi connectivity index (χ0) is 7.56. The number of hydrogen-bond donors (Lipinski definition) is 3. The molecular weight excluding hydrogens is 130 g/mol. The van der Waals surface area contributed by atoms with Crippen molar-refractivity contribution in [1.82, 2.24) is 9.97 Å².